The maximum absolute atomic E-state index is 11.8. The van der Waals surface area contributed by atoms with Crippen molar-refractivity contribution in [3.63, 3.8) is 0 Å². The Hall–Kier alpha value is -1.40. The van der Waals surface area contributed by atoms with Crippen LogP contribution in [0, 0.1) is 6.92 Å². The number of benzene rings is 1. The van der Waals surface area contributed by atoms with Crippen LogP contribution < -0.4 is 10.2 Å². The highest BCUT2D eigenvalue weighted by Gasteiger charge is 2.09. The third-order valence-corrected chi connectivity index (χ3v) is 4.30. The topological polar surface area (TPSA) is 50.7 Å². The van der Waals surface area contributed by atoms with Gasteiger partial charge in [0.2, 0.25) is 0 Å². The van der Waals surface area contributed by atoms with Gasteiger partial charge in [0.05, 0.1) is 4.47 Å². The van der Waals surface area contributed by atoms with E-state index in [9.17, 15) is 4.79 Å². The van der Waals surface area contributed by atoms with Crippen LogP contribution in [0.4, 0.5) is 0 Å². The van der Waals surface area contributed by atoms with Gasteiger partial charge in [-0.1, -0.05) is 33.2 Å². The maximum atomic E-state index is 11.8. The Bertz CT molecular complexity index is 668. The van der Waals surface area contributed by atoms with Crippen molar-refractivity contribution < 1.29 is 9.53 Å². The molecule has 25 heavy (non-hydrogen) atoms. The molecule has 4 nitrogen and oxygen atoms in total. The number of allylic oxidation sites excluding steroid dienone is 4. The number of carbonyl (C=O) groups is 1. The van der Waals surface area contributed by atoms with Gasteiger partial charge in [0, 0.05) is 10.7 Å². The van der Waals surface area contributed by atoms with Crippen LogP contribution in [0.15, 0.2) is 49.5 Å². The van der Waals surface area contributed by atoms with Crippen LogP contribution in [-0.2, 0) is 4.79 Å². The van der Waals surface area contributed by atoms with Crippen molar-refractivity contribution in [2.45, 2.75) is 40.5 Å². The lowest BCUT2D eigenvalue weighted by molar-refractivity contribution is -0.123. The molecule has 1 N–H and O–H groups in total. The fraction of sp³-hybridized carbons (Fsp3) is 0.368. The van der Waals surface area contributed by atoms with E-state index in [2.05, 4.69) is 62.3 Å². The molecular formula is C19H24Br2N2O2. The van der Waals surface area contributed by atoms with Gasteiger partial charge in [0.1, 0.15) is 5.75 Å². The Morgan fingerprint density at radius 3 is 2.64 bits per heavy atom. The summed E-state index contributed by atoms with van der Waals surface area (Å²) in [5.74, 6) is 0.346. The average Bonchev–Trinajstić information content (AvgIpc) is 2.50. The van der Waals surface area contributed by atoms with Crippen LogP contribution in [-0.4, -0.2) is 18.7 Å². The van der Waals surface area contributed by atoms with E-state index in [1.165, 1.54) is 11.1 Å². The van der Waals surface area contributed by atoms with Crippen molar-refractivity contribution in [3.05, 3.63) is 49.9 Å². The van der Waals surface area contributed by atoms with Gasteiger partial charge >= 0.3 is 0 Å². The molecule has 1 aromatic carbocycles. The number of amides is 1. The number of nitrogens with zero attached hydrogens (tertiary/aromatic N) is 1. The summed E-state index contributed by atoms with van der Waals surface area (Å²) in [6.07, 6.45) is 7.69. The standard InChI is InChI=1S/C19H24Br2N2O2/c1-13(2)6-5-7-14(3)8-9-22-23-18(24)12-25-19-15(4)10-16(20)11-17(19)21/h6,8-11H,5,7,12H2,1-4H3,(H,23,24)/b14-8+,22-9+. The summed E-state index contributed by atoms with van der Waals surface area (Å²) < 4.78 is 7.31. The lowest BCUT2D eigenvalue weighted by Gasteiger charge is -2.10. The van der Waals surface area contributed by atoms with Crippen LogP contribution in [0.2, 0.25) is 0 Å². The molecule has 0 radical (unpaired) electrons. The summed E-state index contributed by atoms with van der Waals surface area (Å²) >= 11 is 6.84. The lowest BCUT2D eigenvalue weighted by atomic mass is 10.1. The Labute approximate surface area is 166 Å². The molecule has 0 bridgehead atoms. The monoisotopic (exact) mass is 470 g/mol. The second-order valence-electron chi connectivity index (χ2n) is 5.97. The molecule has 0 saturated carbocycles. The lowest BCUT2D eigenvalue weighted by Crippen LogP contribution is -2.24. The highest BCUT2D eigenvalue weighted by atomic mass is 79.9. The summed E-state index contributed by atoms with van der Waals surface area (Å²) in [5.41, 5.74) is 5.92. The number of carbonyl (C=O) groups excluding carboxylic acids is 1. The molecule has 0 aliphatic rings. The van der Waals surface area contributed by atoms with E-state index < -0.39 is 0 Å². The van der Waals surface area contributed by atoms with Crippen LogP contribution in [0.25, 0.3) is 0 Å². The van der Waals surface area contributed by atoms with E-state index >= 15 is 0 Å². The smallest absolute Gasteiger partial charge is 0.277 e. The molecule has 1 rings (SSSR count). The number of rotatable bonds is 8. The van der Waals surface area contributed by atoms with Crippen LogP contribution in [0.1, 0.15) is 39.2 Å². The first-order chi connectivity index (χ1) is 11.8. The molecule has 6 heteroatoms. The van der Waals surface area contributed by atoms with Crippen molar-refractivity contribution in [2.75, 3.05) is 6.61 Å². The summed E-state index contributed by atoms with van der Waals surface area (Å²) in [7, 11) is 0. The first kappa shape index (κ1) is 21.6. The van der Waals surface area contributed by atoms with Crippen molar-refractivity contribution in [2.24, 2.45) is 5.10 Å². The van der Waals surface area contributed by atoms with E-state index in [0.29, 0.717) is 5.75 Å². The highest BCUT2D eigenvalue weighted by molar-refractivity contribution is 9.11. The minimum absolute atomic E-state index is 0.0956. The van der Waals surface area contributed by atoms with Crippen molar-refractivity contribution in [1.82, 2.24) is 5.43 Å². The Balaban J connectivity index is 2.41. The third kappa shape index (κ3) is 9.02. The normalized spacial score (nSPS) is 11.5. The number of hydrogen-bond acceptors (Lipinski definition) is 3. The van der Waals surface area contributed by atoms with Gasteiger partial charge in [0.15, 0.2) is 6.61 Å². The van der Waals surface area contributed by atoms with E-state index in [1.54, 1.807) is 6.21 Å². The van der Waals surface area contributed by atoms with E-state index in [0.717, 1.165) is 27.4 Å². The molecule has 136 valence electrons. The zero-order valence-corrected chi connectivity index (χ0v) is 18.2. The largest absolute Gasteiger partial charge is 0.482 e. The first-order valence-electron chi connectivity index (χ1n) is 7.99. The molecule has 0 saturated heterocycles. The van der Waals surface area contributed by atoms with Gasteiger partial charge < -0.3 is 4.74 Å². The number of ether oxygens (including phenoxy) is 1. The van der Waals surface area contributed by atoms with Gasteiger partial charge in [-0.25, -0.2) is 5.43 Å². The first-order valence-corrected chi connectivity index (χ1v) is 9.57. The van der Waals surface area contributed by atoms with Crippen molar-refractivity contribution in [1.29, 1.82) is 0 Å². The fourth-order valence-electron chi connectivity index (χ4n) is 1.99. The van der Waals surface area contributed by atoms with Gasteiger partial charge in [0.25, 0.3) is 5.91 Å². The second kappa shape index (κ2) is 11.3. The Morgan fingerprint density at radius 1 is 1.28 bits per heavy atom. The summed E-state index contributed by atoms with van der Waals surface area (Å²) in [6, 6.07) is 3.81. The molecule has 0 heterocycles. The molecule has 0 aromatic heterocycles. The predicted octanol–water partition coefficient (Wildman–Crippen LogP) is 5.69. The quantitative estimate of drug-likeness (QED) is 0.300. The van der Waals surface area contributed by atoms with Gasteiger partial charge in [-0.3, -0.25) is 4.79 Å². The number of halogens is 2. The average molecular weight is 472 g/mol. The molecule has 0 fully saturated rings. The summed E-state index contributed by atoms with van der Waals surface area (Å²) in [6.45, 7) is 8.05. The van der Waals surface area contributed by atoms with Crippen LogP contribution in [0.3, 0.4) is 0 Å². The molecule has 0 aliphatic carbocycles. The third-order valence-electron chi connectivity index (χ3n) is 3.26. The fourth-order valence-corrected chi connectivity index (χ4v) is 3.54. The Morgan fingerprint density at radius 2 is 2.00 bits per heavy atom. The van der Waals surface area contributed by atoms with Gasteiger partial charge in [-0.05, 0) is 80.2 Å². The molecule has 0 unspecified atom stereocenters. The minimum atomic E-state index is -0.305. The number of aryl methyl sites for hydroxylation is 1. The molecule has 1 aromatic rings. The van der Waals surface area contributed by atoms with Crippen LogP contribution >= 0.6 is 31.9 Å². The van der Waals surface area contributed by atoms with Gasteiger partial charge in [-0.15, -0.1) is 0 Å². The summed E-state index contributed by atoms with van der Waals surface area (Å²) in [4.78, 5) is 11.8. The van der Waals surface area contributed by atoms with E-state index in [4.69, 9.17) is 4.74 Å². The Kier molecular flexibility index (Phi) is 9.75. The number of hydrogen-bond donors (Lipinski definition) is 1. The molecule has 1 amide bonds. The number of nitrogens with one attached hydrogen (secondary N) is 1. The zero-order chi connectivity index (χ0) is 18.8. The van der Waals surface area contributed by atoms with Crippen LogP contribution in [0.5, 0.6) is 5.75 Å². The SMILES string of the molecule is CC(C)=CCC/C(C)=C/C=N/NC(=O)COc1c(C)cc(Br)cc1Br. The maximum Gasteiger partial charge on any atom is 0.277 e. The van der Waals surface area contributed by atoms with Crippen molar-refractivity contribution in [3.8, 4) is 5.75 Å². The van der Waals surface area contributed by atoms with Crippen molar-refractivity contribution >= 4 is 44.0 Å². The molecular weight excluding hydrogens is 448 g/mol. The second-order valence-corrected chi connectivity index (χ2v) is 7.74. The highest BCUT2D eigenvalue weighted by Crippen LogP contribution is 2.32. The van der Waals surface area contributed by atoms with E-state index in [-0.39, 0.29) is 12.5 Å². The number of hydrazone groups is 1. The molecule has 0 aliphatic heterocycles. The molecule has 0 atom stereocenters. The summed E-state index contributed by atoms with van der Waals surface area (Å²) in [5, 5.41) is 3.91. The predicted molar refractivity (Wildman–Crippen MR) is 111 cm³/mol. The zero-order valence-electron chi connectivity index (χ0n) is 15.0. The van der Waals surface area contributed by atoms with E-state index in [1.807, 2.05) is 32.1 Å². The molecule has 0 spiro atoms. The minimum Gasteiger partial charge on any atom is -0.482 e. The van der Waals surface area contributed by atoms with Gasteiger partial charge in [-0.2, -0.15) is 5.10 Å².